The Bertz CT molecular complexity index is 963. The number of methoxy groups -OCH3 is 1. The van der Waals surface area contributed by atoms with Gasteiger partial charge in [0.2, 0.25) is 0 Å². The number of aromatic nitrogens is 1. The molecule has 30 heavy (non-hydrogen) atoms. The van der Waals surface area contributed by atoms with Gasteiger partial charge in [0.25, 0.3) is 0 Å². The van der Waals surface area contributed by atoms with Gasteiger partial charge < -0.3 is 9.29 Å². The van der Waals surface area contributed by atoms with E-state index >= 15 is 0 Å². The molecule has 0 bridgehead atoms. The molecule has 2 aromatic rings. The highest BCUT2D eigenvalue weighted by molar-refractivity contribution is 9.10. The number of nitrogens with zero attached hydrogens (tertiary/aromatic N) is 2. The number of pyridine rings is 1. The van der Waals surface area contributed by atoms with Crippen molar-refractivity contribution in [3.05, 3.63) is 51.6 Å². The molecule has 2 rings (SSSR count). The molecule has 0 saturated heterocycles. The van der Waals surface area contributed by atoms with Crippen molar-refractivity contribution >= 4 is 51.2 Å². The first-order valence-electron chi connectivity index (χ1n) is 8.42. The van der Waals surface area contributed by atoms with Gasteiger partial charge in [-0.25, -0.2) is 9.78 Å². The van der Waals surface area contributed by atoms with E-state index < -0.39 is 33.8 Å². The minimum absolute atomic E-state index is 0.0298. The average molecular weight is 523 g/mol. The fourth-order valence-corrected chi connectivity index (χ4v) is 4.22. The fourth-order valence-electron chi connectivity index (χ4n) is 2.13. The van der Waals surface area contributed by atoms with Gasteiger partial charge >= 0.3 is 12.1 Å². The summed E-state index contributed by atoms with van der Waals surface area (Å²) in [5.74, 6) is -0.722. The Hall–Kier alpha value is -1.56. The van der Waals surface area contributed by atoms with E-state index in [9.17, 15) is 22.5 Å². The van der Waals surface area contributed by atoms with Gasteiger partial charge in [-0.05, 0) is 45.0 Å². The quantitative estimate of drug-likeness (QED) is 0.286. The van der Waals surface area contributed by atoms with Crippen molar-refractivity contribution in [2.75, 3.05) is 7.11 Å². The summed E-state index contributed by atoms with van der Waals surface area (Å²) in [5, 5.41) is 0.0452. The molecule has 1 aromatic heterocycles. The summed E-state index contributed by atoms with van der Waals surface area (Å²) in [7, 11) is 1.17. The lowest BCUT2D eigenvalue weighted by Crippen LogP contribution is -2.25. The summed E-state index contributed by atoms with van der Waals surface area (Å²) in [6.07, 6.45) is -2.17. The van der Waals surface area contributed by atoms with Gasteiger partial charge in [0.05, 0.1) is 24.5 Å². The van der Waals surface area contributed by atoms with Crippen LogP contribution in [0.1, 0.15) is 42.3 Å². The van der Waals surface area contributed by atoms with E-state index in [2.05, 4.69) is 30.0 Å². The smallest absolute Gasteiger partial charge is 0.417 e. The Labute approximate surface area is 188 Å². The lowest BCUT2D eigenvalue weighted by Gasteiger charge is -2.19. The summed E-state index contributed by atoms with van der Waals surface area (Å²) in [5.41, 5.74) is -0.825. The van der Waals surface area contributed by atoms with Crippen LogP contribution in [-0.4, -0.2) is 33.6 Å². The van der Waals surface area contributed by atoms with Crippen LogP contribution in [-0.2, 0) is 22.3 Å². The topological polar surface area (TPSA) is 74.6 Å². The van der Waals surface area contributed by atoms with E-state index in [-0.39, 0.29) is 25.5 Å². The van der Waals surface area contributed by atoms with Gasteiger partial charge in [-0.3, -0.25) is 0 Å². The molecule has 0 fully saturated rings. The number of rotatable bonds is 5. The van der Waals surface area contributed by atoms with Gasteiger partial charge in [0, 0.05) is 21.1 Å². The van der Waals surface area contributed by atoms with Crippen LogP contribution in [0.5, 0.6) is 0 Å². The third kappa shape index (κ3) is 6.22. The number of carbonyl (C=O) groups is 1. The highest BCUT2D eigenvalue weighted by Crippen LogP contribution is 2.43. The maximum absolute atomic E-state index is 13.8. The molecule has 1 unspecified atom stereocenters. The lowest BCUT2D eigenvalue weighted by atomic mass is 10.1. The fraction of sp³-hybridized carbons (Fsp3) is 0.316. The van der Waals surface area contributed by atoms with Crippen molar-refractivity contribution in [2.24, 2.45) is 4.40 Å². The Balaban J connectivity index is 2.65. The van der Waals surface area contributed by atoms with E-state index in [0.29, 0.717) is 11.8 Å². The average Bonchev–Trinajstić information content (AvgIpc) is 2.65. The first-order chi connectivity index (χ1) is 13.8. The zero-order valence-corrected chi connectivity index (χ0v) is 19.6. The second-order valence-corrected chi connectivity index (χ2v) is 10.8. The van der Waals surface area contributed by atoms with Gasteiger partial charge in [-0.1, -0.05) is 32.1 Å². The number of benzene rings is 1. The zero-order chi connectivity index (χ0) is 22.7. The molecule has 1 atom stereocenters. The van der Waals surface area contributed by atoms with Crippen molar-refractivity contribution < 1.29 is 27.3 Å². The van der Waals surface area contributed by atoms with Gasteiger partial charge in [0.15, 0.2) is 0 Å². The molecule has 5 nitrogen and oxygen atoms in total. The lowest BCUT2D eigenvalue weighted by molar-refractivity contribution is -0.139. The van der Waals surface area contributed by atoms with Crippen LogP contribution in [0.4, 0.5) is 13.2 Å². The first kappa shape index (κ1) is 24.7. The number of ether oxygens (including phenoxy) is 1. The molecule has 0 aliphatic heterocycles. The van der Waals surface area contributed by atoms with Gasteiger partial charge in [-0.2, -0.15) is 13.2 Å². The largest absolute Gasteiger partial charge is 0.591 e. The van der Waals surface area contributed by atoms with Gasteiger partial charge in [0.1, 0.15) is 21.1 Å². The van der Waals surface area contributed by atoms with Crippen molar-refractivity contribution in [3.63, 3.8) is 0 Å². The Morgan fingerprint density at radius 2 is 2.00 bits per heavy atom. The second-order valence-electron chi connectivity index (χ2n) is 6.92. The van der Waals surface area contributed by atoms with E-state index in [1.165, 1.54) is 31.5 Å². The number of halogens is 4. The van der Waals surface area contributed by atoms with Crippen LogP contribution < -0.4 is 0 Å². The summed E-state index contributed by atoms with van der Waals surface area (Å²) in [4.78, 5) is 15.8. The Morgan fingerprint density at radius 3 is 2.57 bits per heavy atom. The molecule has 0 aliphatic rings. The molecule has 0 radical (unpaired) electrons. The number of carbonyl (C=O) groups excluding carboxylic acids is 1. The molecule has 162 valence electrons. The molecule has 0 N–H and O–H groups in total. The van der Waals surface area contributed by atoms with E-state index in [1.807, 2.05) is 0 Å². The molecular weight excluding hydrogens is 505 g/mol. The molecule has 0 amide bonds. The maximum atomic E-state index is 13.8. The standard InChI is InChI=1S/C19H18BrF3N2O3S2/c1-18(2,3)30(27)25-10-11-8-12(20)9-14(19(21,22)23)15(11)29-16-13(17(26)28-4)6-5-7-24-16/h5-10H,1-4H3/b25-10+. The van der Waals surface area contributed by atoms with Crippen LogP contribution in [0.15, 0.2) is 49.3 Å². The first-order valence-corrected chi connectivity index (χ1v) is 11.1. The highest BCUT2D eigenvalue weighted by atomic mass is 79.9. The monoisotopic (exact) mass is 522 g/mol. The van der Waals surface area contributed by atoms with E-state index in [1.54, 1.807) is 20.8 Å². The van der Waals surface area contributed by atoms with Crippen LogP contribution in [0.3, 0.4) is 0 Å². The normalized spacial score (nSPS) is 13.5. The minimum Gasteiger partial charge on any atom is -0.591 e. The van der Waals surface area contributed by atoms with Crippen molar-refractivity contribution in [1.29, 1.82) is 0 Å². The number of alkyl halides is 3. The summed E-state index contributed by atoms with van der Waals surface area (Å²) < 4.78 is 61.7. The minimum atomic E-state index is -4.68. The van der Waals surface area contributed by atoms with Crippen molar-refractivity contribution in [2.45, 2.75) is 41.6 Å². The summed E-state index contributed by atoms with van der Waals surface area (Å²) in [6, 6.07) is 5.26. The summed E-state index contributed by atoms with van der Waals surface area (Å²) in [6.45, 7) is 5.11. The maximum Gasteiger partial charge on any atom is 0.417 e. The summed E-state index contributed by atoms with van der Waals surface area (Å²) >= 11 is 2.08. The SMILES string of the molecule is COC(=O)c1cccnc1Sc1c(/C=N/[S+]([O-])C(C)(C)C)cc(Br)cc1C(F)(F)F. The van der Waals surface area contributed by atoms with Crippen LogP contribution in [0, 0.1) is 0 Å². The second kappa shape index (κ2) is 9.71. The molecule has 11 heteroatoms. The van der Waals surface area contributed by atoms with Crippen molar-refractivity contribution in [3.8, 4) is 0 Å². The molecule has 0 aliphatic carbocycles. The zero-order valence-electron chi connectivity index (χ0n) is 16.4. The third-order valence-corrected chi connectivity index (χ3v) is 6.56. The molecular formula is C19H18BrF3N2O3S2. The number of hydrogen-bond donors (Lipinski definition) is 0. The number of esters is 1. The number of hydrogen-bond acceptors (Lipinski definition) is 6. The van der Waals surface area contributed by atoms with Gasteiger partial charge in [-0.15, -0.1) is 0 Å². The third-order valence-electron chi connectivity index (χ3n) is 3.57. The molecule has 1 aromatic carbocycles. The predicted octanol–water partition coefficient (Wildman–Crippen LogP) is 5.68. The van der Waals surface area contributed by atoms with E-state index in [0.717, 1.165) is 12.3 Å². The predicted molar refractivity (Wildman–Crippen MR) is 114 cm³/mol. The van der Waals surface area contributed by atoms with Crippen molar-refractivity contribution in [1.82, 2.24) is 4.98 Å². The highest BCUT2D eigenvalue weighted by Gasteiger charge is 2.36. The Morgan fingerprint density at radius 1 is 1.33 bits per heavy atom. The molecule has 0 saturated carbocycles. The van der Waals surface area contributed by atoms with Crippen LogP contribution >= 0.6 is 27.7 Å². The van der Waals surface area contributed by atoms with E-state index in [4.69, 9.17) is 0 Å². The van der Waals surface area contributed by atoms with Crippen LogP contribution in [0.2, 0.25) is 0 Å². The van der Waals surface area contributed by atoms with Crippen LogP contribution in [0.25, 0.3) is 0 Å². The molecule has 1 heterocycles. The Kier molecular flexibility index (Phi) is 8.00. The molecule has 0 spiro atoms.